The largest absolute Gasteiger partial charge is 0.483 e. The minimum atomic E-state index is -0.250. The second kappa shape index (κ2) is 11.4. The highest BCUT2D eigenvalue weighted by atomic mass is 16.3. The summed E-state index contributed by atoms with van der Waals surface area (Å²) in [6.07, 6.45) is 6.98. The lowest BCUT2D eigenvalue weighted by molar-refractivity contribution is -0.139. The van der Waals surface area contributed by atoms with Crippen LogP contribution in [0.25, 0.3) is 0 Å². The van der Waals surface area contributed by atoms with Gasteiger partial charge in [0.25, 0.3) is 6.47 Å². The molecule has 3 rings (SSSR count). The predicted molar refractivity (Wildman–Crippen MR) is 105 cm³/mol. The molecule has 8 heteroatoms. The first-order chi connectivity index (χ1) is 13.5. The maximum Gasteiger partial charge on any atom is 0.290 e. The number of carbonyl (C=O) groups is 3. The molecule has 2 heterocycles. The highest BCUT2D eigenvalue weighted by Crippen LogP contribution is 2.26. The van der Waals surface area contributed by atoms with Gasteiger partial charge in [-0.3, -0.25) is 19.3 Å². The number of likely N-dealkylation sites (tertiary alicyclic amines) is 1. The first-order valence-corrected chi connectivity index (χ1v) is 10.5. The van der Waals surface area contributed by atoms with Gasteiger partial charge in [0.2, 0.25) is 11.8 Å². The Morgan fingerprint density at radius 2 is 1.39 bits per heavy atom. The van der Waals surface area contributed by atoms with E-state index in [0.29, 0.717) is 13.1 Å². The second-order valence-electron chi connectivity index (χ2n) is 8.11. The van der Waals surface area contributed by atoms with Crippen LogP contribution in [0.15, 0.2) is 0 Å². The number of likely N-dealkylation sites (N-methyl/N-ethyl adjacent to an activating group) is 1. The van der Waals surface area contributed by atoms with Gasteiger partial charge in [0.05, 0.1) is 12.1 Å². The van der Waals surface area contributed by atoms with Crippen molar-refractivity contribution >= 4 is 18.3 Å². The highest BCUT2D eigenvalue weighted by Gasteiger charge is 2.33. The summed E-state index contributed by atoms with van der Waals surface area (Å²) in [5.41, 5.74) is 0. The second-order valence-corrected chi connectivity index (χ2v) is 8.11. The lowest BCUT2D eigenvalue weighted by Crippen LogP contribution is -2.50. The van der Waals surface area contributed by atoms with Crippen LogP contribution in [-0.2, 0) is 14.4 Å². The Morgan fingerprint density at radius 1 is 0.821 bits per heavy atom. The van der Waals surface area contributed by atoms with Crippen molar-refractivity contribution in [3.05, 3.63) is 0 Å². The van der Waals surface area contributed by atoms with E-state index in [-0.39, 0.29) is 36.4 Å². The fourth-order valence-corrected chi connectivity index (χ4v) is 4.54. The molecule has 8 nitrogen and oxygen atoms in total. The summed E-state index contributed by atoms with van der Waals surface area (Å²) in [6.45, 7) is 3.57. The zero-order valence-corrected chi connectivity index (χ0v) is 17.0. The van der Waals surface area contributed by atoms with E-state index in [1.54, 1.807) is 0 Å². The molecule has 0 aromatic carbocycles. The van der Waals surface area contributed by atoms with Crippen LogP contribution in [0.5, 0.6) is 0 Å². The lowest BCUT2D eigenvalue weighted by Gasteiger charge is -2.35. The van der Waals surface area contributed by atoms with Crippen molar-refractivity contribution in [3.8, 4) is 0 Å². The molecule has 1 aliphatic carbocycles. The van der Waals surface area contributed by atoms with Crippen LogP contribution in [-0.4, -0.2) is 95.1 Å². The topological polar surface area (TPSA) is 101 Å². The molecule has 0 aromatic rings. The third-order valence-electron chi connectivity index (χ3n) is 6.22. The Balaban J connectivity index is 0.000000878. The Labute approximate surface area is 167 Å². The lowest BCUT2D eigenvalue weighted by atomic mass is 9.86. The summed E-state index contributed by atoms with van der Waals surface area (Å²) in [5, 5.41) is 16.5. The van der Waals surface area contributed by atoms with Crippen molar-refractivity contribution in [2.75, 3.05) is 39.8 Å². The summed E-state index contributed by atoms with van der Waals surface area (Å²) in [5.74, 6) is 0.545. The molecule has 2 amide bonds. The number of rotatable bonds is 2. The molecule has 0 spiro atoms. The smallest absolute Gasteiger partial charge is 0.290 e. The molecule has 1 unspecified atom stereocenters. The Bertz CT molecular complexity index is 522. The van der Waals surface area contributed by atoms with Crippen LogP contribution in [0.2, 0.25) is 0 Å². The monoisotopic (exact) mass is 397 g/mol. The Morgan fingerprint density at radius 3 is 1.96 bits per heavy atom. The fourth-order valence-electron chi connectivity index (χ4n) is 4.54. The van der Waals surface area contributed by atoms with Crippen LogP contribution in [0, 0.1) is 5.92 Å². The molecule has 0 aromatic heterocycles. The van der Waals surface area contributed by atoms with Gasteiger partial charge in [-0.15, -0.1) is 0 Å². The summed E-state index contributed by atoms with van der Waals surface area (Å²) in [7, 11) is 2.05. The molecule has 1 atom stereocenters. The minimum Gasteiger partial charge on any atom is -0.483 e. The average molecular weight is 398 g/mol. The summed E-state index contributed by atoms with van der Waals surface area (Å²) >= 11 is 0. The van der Waals surface area contributed by atoms with E-state index in [1.165, 1.54) is 6.42 Å². The minimum absolute atomic E-state index is 0.0239. The molecular weight excluding hydrogens is 362 g/mol. The maximum absolute atomic E-state index is 12.9. The first kappa shape index (κ1) is 22.6. The fraction of sp³-hybridized carbons (Fsp3) is 0.850. The van der Waals surface area contributed by atoms with Crippen LogP contribution in [0.3, 0.4) is 0 Å². The van der Waals surface area contributed by atoms with Gasteiger partial charge >= 0.3 is 0 Å². The van der Waals surface area contributed by atoms with Crippen molar-refractivity contribution in [1.29, 1.82) is 0 Å². The molecule has 2 aliphatic heterocycles. The number of carbonyl (C=O) groups excluding carboxylic acids is 2. The van der Waals surface area contributed by atoms with Gasteiger partial charge in [-0.25, -0.2) is 0 Å². The molecule has 0 bridgehead atoms. The van der Waals surface area contributed by atoms with Crippen LogP contribution >= 0.6 is 0 Å². The SMILES string of the molecule is CN1CCCCC1C(=O)N1CCCN(C(=O)C2CCC(O)CC2)CC1.O=CO. The van der Waals surface area contributed by atoms with Crippen molar-refractivity contribution < 1.29 is 24.6 Å². The zero-order chi connectivity index (χ0) is 20.5. The van der Waals surface area contributed by atoms with Gasteiger partial charge in [-0.05, 0) is 58.5 Å². The van der Waals surface area contributed by atoms with E-state index in [1.807, 2.05) is 16.8 Å². The number of aliphatic hydroxyl groups excluding tert-OH is 1. The molecule has 160 valence electrons. The number of nitrogens with zero attached hydrogens (tertiary/aromatic N) is 3. The van der Waals surface area contributed by atoms with Gasteiger partial charge in [-0.2, -0.15) is 0 Å². The van der Waals surface area contributed by atoms with Gasteiger partial charge < -0.3 is 20.0 Å². The van der Waals surface area contributed by atoms with Gasteiger partial charge in [-0.1, -0.05) is 6.42 Å². The number of hydrogen-bond acceptors (Lipinski definition) is 5. The standard InChI is InChI=1S/C19H33N3O3.CH2O2/c1-20-10-3-2-5-17(20)19(25)22-12-4-11-21(13-14-22)18(24)15-6-8-16(23)9-7-15;2-1-3/h15-17,23H,2-14H2,1H3;1H,(H,2,3). The van der Waals surface area contributed by atoms with Crippen LogP contribution in [0.1, 0.15) is 51.4 Å². The average Bonchev–Trinajstić information content (AvgIpc) is 2.95. The Kier molecular flexibility index (Phi) is 9.18. The number of carboxylic acid groups (broad SMARTS) is 1. The number of hydrogen-bond donors (Lipinski definition) is 2. The van der Waals surface area contributed by atoms with E-state index in [2.05, 4.69) is 4.90 Å². The predicted octanol–water partition coefficient (Wildman–Crippen LogP) is 0.784. The molecule has 2 saturated heterocycles. The third kappa shape index (κ3) is 6.17. The summed E-state index contributed by atoms with van der Waals surface area (Å²) in [4.78, 5) is 40.1. The molecule has 3 aliphatic rings. The van der Waals surface area contributed by atoms with E-state index in [9.17, 15) is 14.7 Å². The molecule has 2 N–H and O–H groups in total. The van der Waals surface area contributed by atoms with Crippen LogP contribution in [0.4, 0.5) is 0 Å². The van der Waals surface area contributed by atoms with Crippen molar-refractivity contribution in [2.45, 2.75) is 63.5 Å². The molecule has 3 fully saturated rings. The number of aliphatic hydroxyl groups is 1. The van der Waals surface area contributed by atoms with Gasteiger partial charge in [0.15, 0.2) is 0 Å². The van der Waals surface area contributed by atoms with E-state index in [0.717, 1.165) is 64.6 Å². The van der Waals surface area contributed by atoms with E-state index >= 15 is 0 Å². The van der Waals surface area contributed by atoms with Crippen molar-refractivity contribution in [2.24, 2.45) is 5.92 Å². The normalized spacial score (nSPS) is 29.3. The van der Waals surface area contributed by atoms with Crippen LogP contribution < -0.4 is 0 Å². The maximum atomic E-state index is 12.9. The van der Waals surface area contributed by atoms with E-state index in [4.69, 9.17) is 9.90 Å². The quantitative estimate of drug-likeness (QED) is 0.668. The van der Waals surface area contributed by atoms with Gasteiger partial charge in [0, 0.05) is 32.1 Å². The van der Waals surface area contributed by atoms with Gasteiger partial charge in [0.1, 0.15) is 0 Å². The molecule has 28 heavy (non-hydrogen) atoms. The molecule has 0 radical (unpaired) electrons. The number of amides is 2. The highest BCUT2D eigenvalue weighted by molar-refractivity contribution is 5.82. The first-order valence-electron chi connectivity index (χ1n) is 10.5. The summed E-state index contributed by atoms with van der Waals surface area (Å²) < 4.78 is 0. The number of piperidine rings is 1. The van der Waals surface area contributed by atoms with Crippen molar-refractivity contribution in [1.82, 2.24) is 14.7 Å². The Hall–Kier alpha value is -1.67. The third-order valence-corrected chi connectivity index (χ3v) is 6.22. The van der Waals surface area contributed by atoms with Crippen molar-refractivity contribution in [3.63, 3.8) is 0 Å². The molecule has 1 saturated carbocycles. The zero-order valence-electron chi connectivity index (χ0n) is 17.0. The molecular formula is C20H35N3O5. The summed E-state index contributed by atoms with van der Waals surface area (Å²) in [6, 6.07) is 0.0239. The van der Waals surface area contributed by atoms with E-state index < -0.39 is 0 Å².